The number of likely N-dealkylation sites (tertiary alicyclic amines) is 1. The molecular weight excluding hydrogens is 254 g/mol. The molecule has 0 amide bonds. The van der Waals surface area contributed by atoms with Gasteiger partial charge in [0.05, 0.1) is 26.3 Å². The average molecular weight is 277 g/mol. The van der Waals surface area contributed by atoms with Crippen LogP contribution in [0.25, 0.3) is 0 Å². The highest BCUT2D eigenvalue weighted by Gasteiger charge is 2.41. The Morgan fingerprint density at radius 1 is 1.30 bits per heavy atom. The van der Waals surface area contributed by atoms with Gasteiger partial charge in [-0.3, -0.25) is 4.90 Å². The third kappa shape index (κ3) is 2.41. The van der Waals surface area contributed by atoms with Crippen LogP contribution >= 0.6 is 0 Å². The van der Waals surface area contributed by atoms with Gasteiger partial charge in [0.1, 0.15) is 11.5 Å². The number of rotatable bonds is 3. The van der Waals surface area contributed by atoms with E-state index in [1.807, 2.05) is 0 Å². The average Bonchev–Trinajstić information content (AvgIpc) is 2.85. The Bertz CT molecular complexity index is 478. The predicted molar refractivity (Wildman–Crippen MR) is 74.4 cm³/mol. The minimum absolute atomic E-state index is 0.335. The molecule has 0 unspecified atom stereocenters. The smallest absolute Gasteiger partial charge is 0.181 e. The van der Waals surface area contributed by atoms with Crippen molar-refractivity contribution in [3.8, 4) is 0 Å². The highest BCUT2D eigenvalue weighted by atomic mass is 16.7. The van der Waals surface area contributed by atoms with E-state index >= 15 is 0 Å². The summed E-state index contributed by atoms with van der Waals surface area (Å²) in [5.74, 6) is 3.38. The van der Waals surface area contributed by atoms with Gasteiger partial charge >= 0.3 is 0 Å². The minimum Gasteiger partial charge on any atom is -0.464 e. The zero-order chi connectivity index (χ0) is 13.6. The highest BCUT2D eigenvalue weighted by molar-refractivity contribution is 5.17. The molecule has 1 aromatic rings. The summed E-state index contributed by atoms with van der Waals surface area (Å²) in [6.45, 7) is 6.59. The Balaban J connectivity index is 1.39. The molecule has 4 rings (SSSR count). The van der Waals surface area contributed by atoms with Crippen molar-refractivity contribution in [2.45, 2.75) is 44.4 Å². The summed E-state index contributed by atoms with van der Waals surface area (Å²) in [6, 6.07) is 4.30. The maximum Gasteiger partial charge on any atom is 0.181 e. The second kappa shape index (κ2) is 4.86. The van der Waals surface area contributed by atoms with Crippen molar-refractivity contribution in [2.75, 3.05) is 26.3 Å². The van der Waals surface area contributed by atoms with Gasteiger partial charge in [-0.25, -0.2) is 0 Å². The Labute approximate surface area is 120 Å². The Morgan fingerprint density at radius 3 is 2.85 bits per heavy atom. The number of hydrogen-bond acceptors (Lipinski definition) is 4. The van der Waals surface area contributed by atoms with Crippen molar-refractivity contribution in [1.82, 2.24) is 4.90 Å². The molecule has 4 nitrogen and oxygen atoms in total. The van der Waals surface area contributed by atoms with Gasteiger partial charge in [0.25, 0.3) is 0 Å². The maximum atomic E-state index is 6.01. The summed E-state index contributed by atoms with van der Waals surface area (Å²) in [4.78, 5) is 2.40. The molecule has 1 aliphatic carbocycles. The number of ether oxygens (including phenoxy) is 2. The van der Waals surface area contributed by atoms with E-state index in [1.54, 1.807) is 0 Å². The number of nitrogens with zero attached hydrogens (tertiary/aromatic N) is 1. The van der Waals surface area contributed by atoms with Crippen LogP contribution in [0.3, 0.4) is 0 Å². The fourth-order valence-electron chi connectivity index (χ4n) is 3.56. The van der Waals surface area contributed by atoms with Crippen molar-refractivity contribution in [2.24, 2.45) is 5.92 Å². The summed E-state index contributed by atoms with van der Waals surface area (Å²) in [5, 5.41) is 0. The molecule has 1 saturated carbocycles. The second-order valence-corrected chi connectivity index (χ2v) is 6.55. The Kier molecular flexibility index (Phi) is 3.13. The van der Waals surface area contributed by atoms with Crippen LogP contribution in [0.15, 0.2) is 16.5 Å². The molecule has 4 heteroatoms. The lowest BCUT2D eigenvalue weighted by Crippen LogP contribution is -2.48. The predicted octanol–water partition coefficient (Wildman–Crippen LogP) is 2.74. The van der Waals surface area contributed by atoms with E-state index in [0.29, 0.717) is 5.92 Å². The topological polar surface area (TPSA) is 34.8 Å². The van der Waals surface area contributed by atoms with Crippen molar-refractivity contribution in [3.05, 3.63) is 23.7 Å². The molecule has 0 bridgehead atoms. The molecule has 0 aromatic carbocycles. The van der Waals surface area contributed by atoms with Gasteiger partial charge in [-0.15, -0.1) is 0 Å². The standard InChI is InChI=1S/C16H23NO3/c1-12-9-14(12)15-4-3-13(20-15)10-17-6-2-5-16(11-17)18-7-8-19-16/h3-4,12,14H,2,5-11H2,1H3/t12-,14+/m1/s1. The lowest BCUT2D eigenvalue weighted by atomic mass is 10.0. The van der Waals surface area contributed by atoms with Crippen LogP contribution in [0.1, 0.15) is 43.6 Å². The highest BCUT2D eigenvalue weighted by Crippen LogP contribution is 2.47. The van der Waals surface area contributed by atoms with E-state index in [9.17, 15) is 0 Å². The van der Waals surface area contributed by atoms with Gasteiger partial charge in [0.15, 0.2) is 5.79 Å². The molecule has 3 heterocycles. The number of hydrogen-bond donors (Lipinski definition) is 0. The Morgan fingerprint density at radius 2 is 2.10 bits per heavy atom. The summed E-state index contributed by atoms with van der Waals surface area (Å²) in [7, 11) is 0. The lowest BCUT2D eigenvalue weighted by molar-refractivity contribution is -0.190. The van der Waals surface area contributed by atoms with Gasteiger partial charge in [0, 0.05) is 12.3 Å². The van der Waals surface area contributed by atoms with Gasteiger partial charge in [-0.2, -0.15) is 0 Å². The van der Waals surface area contributed by atoms with Crippen LogP contribution in [0, 0.1) is 5.92 Å². The van der Waals surface area contributed by atoms with Crippen molar-refractivity contribution in [1.29, 1.82) is 0 Å². The van der Waals surface area contributed by atoms with E-state index in [2.05, 4.69) is 24.0 Å². The van der Waals surface area contributed by atoms with Crippen molar-refractivity contribution >= 4 is 0 Å². The largest absolute Gasteiger partial charge is 0.464 e. The summed E-state index contributed by atoms with van der Waals surface area (Å²) < 4.78 is 17.7. The van der Waals surface area contributed by atoms with Crippen LogP contribution in [0.2, 0.25) is 0 Å². The van der Waals surface area contributed by atoms with Crippen LogP contribution in [-0.2, 0) is 16.0 Å². The van der Waals surface area contributed by atoms with Crippen LogP contribution in [-0.4, -0.2) is 37.0 Å². The monoisotopic (exact) mass is 277 g/mol. The number of piperidine rings is 1. The molecule has 2 atom stereocenters. The molecular formula is C16H23NO3. The van der Waals surface area contributed by atoms with Crippen molar-refractivity contribution in [3.63, 3.8) is 0 Å². The normalized spacial score (nSPS) is 32.9. The van der Waals surface area contributed by atoms with Crippen LogP contribution in [0.4, 0.5) is 0 Å². The summed E-state index contributed by atoms with van der Waals surface area (Å²) in [6.07, 6.45) is 3.43. The third-order valence-electron chi connectivity index (χ3n) is 4.85. The zero-order valence-corrected chi connectivity index (χ0v) is 12.1. The van der Waals surface area contributed by atoms with E-state index < -0.39 is 0 Å². The van der Waals surface area contributed by atoms with E-state index in [0.717, 1.165) is 57.4 Å². The molecule has 0 radical (unpaired) electrons. The van der Waals surface area contributed by atoms with Gasteiger partial charge in [-0.05, 0) is 37.4 Å². The maximum absolute atomic E-state index is 6.01. The fraction of sp³-hybridized carbons (Fsp3) is 0.750. The zero-order valence-electron chi connectivity index (χ0n) is 12.1. The summed E-state index contributed by atoms with van der Waals surface area (Å²) in [5.41, 5.74) is 0. The molecule has 1 spiro atoms. The molecule has 0 N–H and O–H groups in total. The lowest BCUT2D eigenvalue weighted by Gasteiger charge is -2.38. The minimum atomic E-state index is -0.335. The summed E-state index contributed by atoms with van der Waals surface area (Å²) >= 11 is 0. The van der Waals surface area contributed by atoms with E-state index in [4.69, 9.17) is 13.9 Å². The van der Waals surface area contributed by atoms with Gasteiger partial charge in [0.2, 0.25) is 0 Å². The Hall–Kier alpha value is -0.840. The molecule has 3 fully saturated rings. The van der Waals surface area contributed by atoms with Gasteiger partial charge in [-0.1, -0.05) is 6.92 Å². The van der Waals surface area contributed by atoms with Crippen LogP contribution in [0.5, 0.6) is 0 Å². The first-order chi connectivity index (χ1) is 9.74. The first-order valence-electron chi connectivity index (χ1n) is 7.83. The quantitative estimate of drug-likeness (QED) is 0.851. The van der Waals surface area contributed by atoms with Crippen molar-refractivity contribution < 1.29 is 13.9 Å². The second-order valence-electron chi connectivity index (χ2n) is 6.55. The van der Waals surface area contributed by atoms with E-state index in [1.165, 1.54) is 12.2 Å². The fourth-order valence-corrected chi connectivity index (χ4v) is 3.56. The first kappa shape index (κ1) is 12.9. The van der Waals surface area contributed by atoms with Gasteiger partial charge < -0.3 is 13.9 Å². The van der Waals surface area contributed by atoms with E-state index in [-0.39, 0.29) is 5.79 Å². The molecule has 1 aromatic heterocycles. The molecule has 3 aliphatic rings. The third-order valence-corrected chi connectivity index (χ3v) is 4.85. The number of furan rings is 1. The SMILES string of the molecule is C[C@@H]1C[C@@H]1c1ccc(CN2CCCC3(C2)OCCO3)o1. The molecule has 110 valence electrons. The molecule has 20 heavy (non-hydrogen) atoms. The first-order valence-corrected chi connectivity index (χ1v) is 7.83. The molecule has 2 aliphatic heterocycles. The molecule has 2 saturated heterocycles. The van der Waals surface area contributed by atoms with Crippen LogP contribution < -0.4 is 0 Å².